The minimum atomic E-state index is -0.706. The largest absolute Gasteiger partial charge is 0.424 e. The molecule has 2 aromatic carbocycles. The van der Waals surface area contributed by atoms with E-state index in [9.17, 15) is 24.5 Å². The first kappa shape index (κ1) is 16.3. The van der Waals surface area contributed by atoms with Crippen LogP contribution in [0.4, 0.5) is 11.4 Å². The van der Waals surface area contributed by atoms with Crippen LogP contribution in [-0.4, -0.2) is 22.7 Å². The first-order chi connectivity index (χ1) is 11.8. The Kier molecular flexibility index (Phi) is 3.80. The molecule has 8 nitrogen and oxygen atoms in total. The van der Waals surface area contributed by atoms with E-state index in [2.05, 4.69) is 0 Å². The van der Waals surface area contributed by atoms with Crippen molar-refractivity contribution in [3.05, 3.63) is 63.2 Å². The molecule has 2 amide bonds. The molecule has 0 radical (unpaired) electrons. The molecule has 126 valence electrons. The molecule has 0 aliphatic carbocycles. The molecule has 1 heterocycles. The lowest BCUT2D eigenvalue weighted by molar-refractivity contribution is -0.384. The quantitative estimate of drug-likeness (QED) is 0.279. The van der Waals surface area contributed by atoms with Gasteiger partial charge in [0.1, 0.15) is 0 Å². The van der Waals surface area contributed by atoms with Crippen molar-refractivity contribution in [2.75, 3.05) is 4.90 Å². The molecule has 0 unspecified atom stereocenters. The van der Waals surface area contributed by atoms with Crippen LogP contribution in [0.5, 0.6) is 5.75 Å². The van der Waals surface area contributed by atoms with Crippen LogP contribution in [0.1, 0.15) is 33.2 Å². The maximum atomic E-state index is 12.7. The van der Waals surface area contributed by atoms with Gasteiger partial charge in [-0.3, -0.25) is 24.5 Å². The summed E-state index contributed by atoms with van der Waals surface area (Å²) in [6.45, 7) is 2.96. The van der Waals surface area contributed by atoms with Gasteiger partial charge < -0.3 is 4.74 Å². The minimum absolute atomic E-state index is 0.0575. The number of fused-ring (bicyclic) bond motifs is 1. The van der Waals surface area contributed by atoms with E-state index in [0.717, 1.165) is 22.6 Å². The molecular formula is C17H12N2O6. The molecule has 0 bridgehead atoms. The molecule has 3 rings (SSSR count). The number of aryl methyl sites for hydroxylation is 1. The number of hydrogen-bond donors (Lipinski definition) is 0. The van der Waals surface area contributed by atoms with Crippen molar-refractivity contribution < 1.29 is 24.0 Å². The summed E-state index contributed by atoms with van der Waals surface area (Å²) in [6, 6.07) is 8.17. The SMILES string of the molecule is CC(=O)Oc1ccc(C)cc1N1C(=O)c2ccc([N+](=O)[O-])cc2C1=O. The molecule has 0 aromatic heterocycles. The Morgan fingerprint density at radius 1 is 1.08 bits per heavy atom. The van der Waals surface area contributed by atoms with E-state index in [-0.39, 0.29) is 28.3 Å². The number of rotatable bonds is 3. The Labute approximate surface area is 141 Å². The average Bonchev–Trinajstić information content (AvgIpc) is 2.80. The lowest BCUT2D eigenvalue weighted by Gasteiger charge is -2.18. The summed E-state index contributed by atoms with van der Waals surface area (Å²) in [6.07, 6.45) is 0. The molecule has 2 aromatic rings. The normalized spacial score (nSPS) is 13.0. The van der Waals surface area contributed by atoms with Gasteiger partial charge in [-0.2, -0.15) is 0 Å². The smallest absolute Gasteiger partial charge is 0.308 e. The summed E-state index contributed by atoms with van der Waals surface area (Å²) >= 11 is 0. The standard InChI is InChI=1S/C17H12N2O6/c1-9-3-6-15(25-10(2)20)14(7-9)18-16(21)12-5-4-11(19(23)24)8-13(12)17(18)22/h3-8H,1-2H3. The molecule has 0 N–H and O–H groups in total. The topological polar surface area (TPSA) is 107 Å². The second-order valence-corrected chi connectivity index (χ2v) is 5.50. The Bertz CT molecular complexity index is 950. The van der Waals surface area contributed by atoms with Gasteiger partial charge in [-0.25, -0.2) is 4.90 Å². The minimum Gasteiger partial charge on any atom is -0.424 e. The van der Waals surface area contributed by atoms with Crippen molar-refractivity contribution in [3.63, 3.8) is 0 Å². The van der Waals surface area contributed by atoms with Gasteiger partial charge in [-0.15, -0.1) is 0 Å². The number of esters is 1. The number of anilines is 1. The number of nitro benzene ring substituents is 1. The van der Waals surface area contributed by atoms with Crippen LogP contribution in [0.2, 0.25) is 0 Å². The molecule has 1 aliphatic rings. The van der Waals surface area contributed by atoms with Crippen LogP contribution in [0, 0.1) is 17.0 Å². The van der Waals surface area contributed by atoms with E-state index in [0.29, 0.717) is 0 Å². The third-order valence-corrected chi connectivity index (χ3v) is 3.69. The first-order valence-corrected chi connectivity index (χ1v) is 7.26. The van der Waals surface area contributed by atoms with Crippen molar-refractivity contribution in [1.82, 2.24) is 0 Å². The number of non-ortho nitro benzene ring substituents is 1. The van der Waals surface area contributed by atoms with E-state index in [1.807, 2.05) is 0 Å². The molecule has 0 fully saturated rings. The number of imide groups is 1. The molecular weight excluding hydrogens is 328 g/mol. The number of hydrogen-bond acceptors (Lipinski definition) is 6. The monoisotopic (exact) mass is 340 g/mol. The number of benzene rings is 2. The average molecular weight is 340 g/mol. The van der Waals surface area contributed by atoms with Crippen LogP contribution in [0.15, 0.2) is 36.4 Å². The maximum absolute atomic E-state index is 12.7. The van der Waals surface area contributed by atoms with Crippen molar-refractivity contribution in [3.8, 4) is 5.75 Å². The van der Waals surface area contributed by atoms with E-state index in [1.165, 1.54) is 25.1 Å². The highest BCUT2D eigenvalue weighted by atomic mass is 16.6. The molecule has 8 heteroatoms. The van der Waals surface area contributed by atoms with Crippen molar-refractivity contribution in [2.45, 2.75) is 13.8 Å². The second-order valence-electron chi connectivity index (χ2n) is 5.50. The number of carbonyl (C=O) groups excluding carboxylic acids is 3. The van der Waals surface area contributed by atoms with Gasteiger partial charge in [0.25, 0.3) is 17.5 Å². The van der Waals surface area contributed by atoms with Crippen LogP contribution in [-0.2, 0) is 4.79 Å². The van der Waals surface area contributed by atoms with Gasteiger partial charge >= 0.3 is 5.97 Å². The zero-order valence-electron chi connectivity index (χ0n) is 13.3. The first-order valence-electron chi connectivity index (χ1n) is 7.26. The predicted molar refractivity (Wildman–Crippen MR) is 86.7 cm³/mol. The summed E-state index contributed by atoms with van der Waals surface area (Å²) in [5.74, 6) is -1.88. The van der Waals surface area contributed by atoms with Crippen LogP contribution in [0.3, 0.4) is 0 Å². The van der Waals surface area contributed by atoms with Crippen molar-refractivity contribution in [2.24, 2.45) is 0 Å². The van der Waals surface area contributed by atoms with Crippen molar-refractivity contribution in [1.29, 1.82) is 0 Å². The summed E-state index contributed by atoms with van der Waals surface area (Å²) in [5, 5.41) is 10.9. The lowest BCUT2D eigenvalue weighted by Crippen LogP contribution is -2.30. The van der Waals surface area contributed by atoms with Gasteiger partial charge in [-0.05, 0) is 30.7 Å². The summed E-state index contributed by atoms with van der Waals surface area (Å²) in [4.78, 5) is 47.7. The number of nitrogens with zero attached hydrogens (tertiary/aromatic N) is 2. The number of nitro groups is 1. The molecule has 0 saturated carbocycles. The number of carbonyl (C=O) groups is 3. The predicted octanol–water partition coefficient (Wildman–Crippen LogP) is 2.63. The zero-order valence-corrected chi connectivity index (χ0v) is 13.3. The van der Waals surface area contributed by atoms with E-state index < -0.39 is 22.7 Å². The second kappa shape index (κ2) is 5.82. The van der Waals surface area contributed by atoms with E-state index in [1.54, 1.807) is 13.0 Å². The summed E-state index contributed by atoms with van der Waals surface area (Å²) in [5.41, 5.74) is 0.573. The highest BCUT2D eigenvalue weighted by Gasteiger charge is 2.39. The van der Waals surface area contributed by atoms with Gasteiger partial charge in [0, 0.05) is 19.1 Å². The Hall–Kier alpha value is -3.55. The highest BCUT2D eigenvalue weighted by Crippen LogP contribution is 2.36. The van der Waals surface area contributed by atoms with E-state index in [4.69, 9.17) is 4.74 Å². The van der Waals surface area contributed by atoms with E-state index >= 15 is 0 Å². The third-order valence-electron chi connectivity index (χ3n) is 3.69. The molecule has 0 spiro atoms. The summed E-state index contributed by atoms with van der Waals surface area (Å²) in [7, 11) is 0. The highest BCUT2D eigenvalue weighted by molar-refractivity contribution is 6.35. The summed E-state index contributed by atoms with van der Waals surface area (Å²) < 4.78 is 5.08. The number of ether oxygens (including phenoxy) is 1. The van der Waals surface area contributed by atoms with Crippen LogP contribution in [0.25, 0.3) is 0 Å². The Morgan fingerprint density at radius 3 is 2.40 bits per heavy atom. The van der Waals surface area contributed by atoms with Crippen LogP contribution < -0.4 is 9.64 Å². The lowest BCUT2D eigenvalue weighted by atomic mass is 10.1. The van der Waals surface area contributed by atoms with Gasteiger partial charge in [0.05, 0.1) is 21.7 Å². The fraction of sp³-hybridized carbons (Fsp3) is 0.118. The van der Waals surface area contributed by atoms with Gasteiger partial charge in [-0.1, -0.05) is 6.07 Å². The zero-order chi connectivity index (χ0) is 18.3. The Morgan fingerprint density at radius 2 is 1.76 bits per heavy atom. The number of amides is 2. The molecule has 0 atom stereocenters. The fourth-order valence-corrected chi connectivity index (χ4v) is 2.60. The van der Waals surface area contributed by atoms with Gasteiger partial charge in [0.2, 0.25) is 0 Å². The molecule has 25 heavy (non-hydrogen) atoms. The maximum Gasteiger partial charge on any atom is 0.308 e. The Balaban J connectivity index is 2.12. The molecule has 0 saturated heterocycles. The van der Waals surface area contributed by atoms with Gasteiger partial charge in [0.15, 0.2) is 5.75 Å². The fourth-order valence-electron chi connectivity index (χ4n) is 2.60. The van der Waals surface area contributed by atoms with Crippen molar-refractivity contribution >= 4 is 29.2 Å². The van der Waals surface area contributed by atoms with Crippen LogP contribution >= 0.6 is 0 Å². The third kappa shape index (κ3) is 2.74. The molecule has 1 aliphatic heterocycles.